The van der Waals surface area contributed by atoms with Crippen molar-refractivity contribution in [3.63, 3.8) is 0 Å². The van der Waals surface area contributed by atoms with Gasteiger partial charge >= 0.3 is 0 Å². The molecule has 144 valence electrons. The van der Waals surface area contributed by atoms with Crippen LogP contribution in [0.15, 0.2) is 58.5 Å². The fourth-order valence-corrected chi connectivity index (χ4v) is 3.25. The lowest BCUT2D eigenvalue weighted by molar-refractivity contribution is -0.384. The van der Waals surface area contributed by atoms with Crippen LogP contribution in [-0.4, -0.2) is 36.1 Å². The van der Waals surface area contributed by atoms with Crippen molar-refractivity contribution in [1.82, 2.24) is 4.98 Å². The second-order valence-electron chi connectivity index (χ2n) is 5.65. The molecule has 0 atom stereocenters. The lowest BCUT2D eigenvalue weighted by Crippen LogP contribution is -2.32. The lowest BCUT2D eigenvalue weighted by Gasteiger charge is -2.17. The summed E-state index contributed by atoms with van der Waals surface area (Å²) in [5.41, 5.74) is 1.39. The number of aromatic nitrogens is 1. The van der Waals surface area contributed by atoms with E-state index >= 15 is 0 Å². The second-order valence-corrected chi connectivity index (χ2v) is 6.49. The van der Waals surface area contributed by atoms with Gasteiger partial charge in [-0.3, -0.25) is 19.8 Å². The van der Waals surface area contributed by atoms with Gasteiger partial charge in [0.25, 0.3) is 11.6 Å². The Kier molecular flexibility index (Phi) is 6.30. The van der Waals surface area contributed by atoms with Gasteiger partial charge in [-0.15, -0.1) is 11.3 Å². The fraction of sp³-hybridized carbons (Fsp3) is 0.158. The Morgan fingerprint density at radius 1 is 1.36 bits per heavy atom. The number of nitro benzene ring substituents is 1. The number of non-ortho nitro benzene ring substituents is 1. The normalized spacial score (nSPS) is 11.0. The van der Waals surface area contributed by atoms with Gasteiger partial charge in [0.2, 0.25) is 0 Å². The zero-order valence-corrected chi connectivity index (χ0v) is 15.8. The van der Waals surface area contributed by atoms with Crippen molar-refractivity contribution in [2.45, 2.75) is 0 Å². The molecule has 0 spiro atoms. The topological polar surface area (TPSA) is 98.7 Å². The number of furan rings is 1. The molecule has 28 heavy (non-hydrogen) atoms. The molecule has 0 aliphatic rings. The summed E-state index contributed by atoms with van der Waals surface area (Å²) in [4.78, 5) is 29.0. The van der Waals surface area contributed by atoms with Crippen LogP contribution in [0.2, 0.25) is 0 Å². The highest BCUT2D eigenvalue weighted by molar-refractivity contribution is 7.14. The van der Waals surface area contributed by atoms with Crippen molar-refractivity contribution in [3.05, 3.63) is 70.0 Å². The van der Waals surface area contributed by atoms with E-state index < -0.39 is 4.92 Å². The zero-order chi connectivity index (χ0) is 19.9. The van der Waals surface area contributed by atoms with Gasteiger partial charge in [0, 0.05) is 36.3 Å². The molecular weight excluding hydrogens is 382 g/mol. The van der Waals surface area contributed by atoms with Crippen molar-refractivity contribution in [2.75, 3.05) is 25.2 Å². The van der Waals surface area contributed by atoms with E-state index in [2.05, 4.69) is 4.98 Å². The van der Waals surface area contributed by atoms with Crippen LogP contribution < -0.4 is 4.90 Å². The zero-order valence-electron chi connectivity index (χ0n) is 15.0. The number of ether oxygens (including phenoxy) is 1. The standard InChI is InChI=1S/C19H17N3O5S/c1-26-12-10-21(18(23)9-8-16-3-2-11-27-16)19-20-17(13-28-19)14-4-6-15(7-5-14)22(24)25/h2-9,11,13H,10,12H2,1H3/b9-8+. The number of carbonyl (C=O) groups is 1. The number of methoxy groups -OCH3 is 1. The monoisotopic (exact) mass is 399 g/mol. The van der Waals surface area contributed by atoms with Gasteiger partial charge in [0.1, 0.15) is 5.76 Å². The van der Waals surface area contributed by atoms with E-state index in [1.54, 1.807) is 42.8 Å². The minimum absolute atomic E-state index is 0.0131. The Bertz CT molecular complexity index is 964. The van der Waals surface area contributed by atoms with Gasteiger partial charge in [-0.1, -0.05) is 0 Å². The largest absolute Gasteiger partial charge is 0.465 e. The summed E-state index contributed by atoms with van der Waals surface area (Å²) in [7, 11) is 1.56. The van der Waals surface area contributed by atoms with Crippen molar-refractivity contribution in [3.8, 4) is 11.3 Å². The first-order valence-electron chi connectivity index (χ1n) is 8.31. The summed E-state index contributed by atoms with van der Waals surface area (Å²) in [6, 6.07) is 9.61. The summed E-state index contributed by atoms with van der Waals surface area (Å²) in [6.45, 7) is 0.692. The van der Waals surface area contributed by atoms with Crippen LogP contribution in [0.25, 0.3) is 17.3 Å². The SMILES string of the molecule is COCCN(C(=O)/C=C/c1ccco1)c1nc(-c2ccc([N+](=O)[O-])cc2)cs1. The van der Waals surface area contributed by atoms with Gasteiger partial charge in [0.05, 0.1) is 30.0 Å². The smallest absolute Gasteiger partial charge is 0.269 e. The molecule has 0 bridgehead atoms. The molecular formula is C19H17N3O5S. The van der Waals surface area contributed by atoms with Crippen LogP contribution in [0, 0.1) is 10.1 Å². The quantitative estimate of drug-likeness (QED) is 0.322. The third-order valence-corrected chi connectivity index (χ3v) is 4.68. The Hall–Kier alpha value is -3.30. The first-order chi connectivity index (χ1) is 13.6. The van der Waals surface area contributed by atoms with E-state index in [4.69, 9.17) is 9.15 Å². The third kappa shape index (κ3) is 4.70. The maximum Gasteiger partial charge on any atom is 0.269 e. The third-order valence-electron chi connectivity index (χ3n) is 3.82. The number of rotatable bonds is 8. The van der Waals surface area contributed by atoms with E-state index in [0.29, 0.717) is 29.7 Å². The van der Waals surface area contributed by atoms with Crippen LogP contribution in [0.1, 0.15) is 5.76 Å². The average molecular weight is 399 g/mol. The summed E-state index contributed by atoms with van der Waals surface area (Å²) >= 11 is 1.31. The maximum absolute atomic E-state index is 12.6. The highest BCUT2D eigenvalue weighted by Gasteiger charge is 2.18. The minimum atomic E-state index is -0.452. The number of carbonyl (C=O) groups excluding carboxylic acids is 1. The number of amides is 1. The molecule has 0 fully saturated rings. The molecule has 0 saturated heterocycles. The summed E-state index contributed by atoms with van der Waals surface area (Å²) in [5.74, 6) is 0.323. The van der Waals surface area contributed by atoms with Crippen LogP contribution in [0.4, 0.5) is 10.8 Å². The maximum atomic E-state index is 12.6. The molecule has 0 aliphatic carbocycles. The molecule has 3 rings (SSSR count). The Labute approximate surface area is 164 Å². The van der Waals surface area contributed by atoms with Crippen molar-refractivity contribution in [2.24, 2.45) is 0 Å². The summed E-state index contributed by atoms with van der Waals surface area (Å²) in [6.07, 6.45) is 4.54. The molecule has 1 aromatic carbocycles. The predicted octanol–water partition coefficient (Wildman–Crippen LogP) is 4.00. The van der Waals surface area contributed by atoms with E-state index in [1.165, 1.54) is 40.7 Å². The lowest BCUT2D eigenvalue weighted by atomic mass is 10.1. The van der Waals surface area contributed by atoms with Crippen molar-refractivity contribution in [1.29, 1.82) is 0 Å². The van der Waals surface area contributed by atoms with Crippen molar-refractivity contribution < 1.29 is 18.9 Å². The van der Waals surface area contributed by atoms with Gasteiger partial charge in [0.15, 0.2) is 5.13 Å². The van der Waals surface area contributed by atoms with Crippen LogP contribution >= 0.6 is 11.3 Å². The second kappa shape index (κ2) is 9.07. The van der Waals surface area contributed by atoms with E-state index in [1.807, 2.05) is 0 Å². The highest BCUT2D eigenvalue weighted by atomic mass is 32.1. The van der Waals surface area contributed by atoms with Gasteiger partial charge in [-0.2, -0.15) is 0 Å². The minimum Gasteiger partial charge on any atom is -0.465 e. The first-order valence-corrected chi connectivity index (χ1v) is 9.19. The van der Waals surface area contributed by atoms with Crippen LogP contribution in [-0.2, 0) is 9.53 Å². The number of hydrogen-bond acceptors (Lipinski definition) is 7. The highest BCUT2D eigenvalue weighted by Crippen LogP contribution is 2.29. The molecule has 3 aromatic rings. The number of thiazole rings is 1. The molecule has 8 nitrogen and oxygen atoms in total. The van der Waals surface area contributed by atoms with Crippen molar-refractivity contribution >= 4 is 34.1 Å². The summed E-state index contributed by atoms with van der Waals surface area (Å²) < 4.78 is 10.3. The molecule has 9 heteroatoms. The van der Waals surface area contributed by atoms with E-state index in [0.717, 1.165) is 5.56 Å². The van der Waals surface area contributed by atoms with Gasteiger partial charge in [-0.25, -0.2) is 4.98 Å². The molecule has 0 aliphatic heterocycles. The Morgan fingerprint density at radius 2 is 2.14 bits per heavy atom. The molecule has 2 heterocycles. The number of benzene rings is 1. The molecule has 0 saturated carbocycles. The Balaban J connectivity index is 1.80. The molecule has 0 radical (unpaired) electrons. The first kappa shape index (κ1) is 19.5. The number of anilines is 1. The van der Waals surface area contributed by atoms with Gasteiger partial charge in [-0.05, 0) is 30.3 Å². The van der Waals surface area contributed by atoms with Gasteiger partial charge < -0.3 is 9.15 Å². The van der Waals surface area contributed by atoms with Crippen LogP contribution in [0.3, 0.4) is 0 Å². The average Bonchev–Trinajstić information content (AvgIpc) is 3.39. The van der Waals surface area contributed by atoms with E-state index in [9.17, 15) is 14.9 Å². The van der Waals surface area contributed by atoms with Crippen LogP contribution in [0.5, 0.6) is 0 Å². The number of hydrogen-bond donors (Lipinski definition) is 0. The molecule has 2 aromatic heterocycles. The number of nitrogens with zero attached hydrogens (tertiary/aromatic N) is 3. The molecule has 0 unspecified atom stereocenters. The summed E-state index contributed by atoms with van der Waals surface area (Å²) in [5, 5.41) is 13.1. The predicted molar refractivity (Wildman–Crippen MR) is 106 cm³/mol. The fourth-order valence-electron chi connectivity index (χ4n) is 2.39. The molecule has 0 N–H and O–H groups in total. The number of nitro groups is 1. The molecule has 1 amide bonds. The Morgan fingerprint density at radius 3 is 2.79 bits per heavy atom. The van der Waals surface area contributed by atoms with E-state index in [-0.39, 0.29) is 11.6 Å².